The topological polar surface area (TPSA) is 60.7 Å². The van der Waals surface area contributed by atoms with E-state index in [1.165, 1.54) is 45.4 Å². The Balaban J connectivity index is 1.72. The number of rotatable bonds is 14. The van der Waals surface area contributed by atoms with Crippen LogP contribution in [0, 0.1) is 0 Å². The lowest BCUT2D eigenvalue weighted by Crippen LogP contribution is -2.15. The molecule has 1 aromatic heterocycles. The molecule has 3 rings (SSSR count). The number of carbonyl (C=O) groups is 2. The summed E-state index contributed by atoms with van der Waals surface area (Å²) in [5.41, 5.74) is 2.80. The minimum Gasteiger partial charge on any atom is -0.318 e. The molecule has 5 heteroatoms. The summed E-state index contributed by atoms with van der Waals surface area (Å²) in [6.45, 7) is 3.53. The summed E-state index contributed by atoms with van der Waals surface area (Å²) < 4.78 is 2.02. The largest absolute Gasteiger partial charge is 0.331 e. The second-order valence-electron chi connectivity index (χ2n) is 8.79. The van der Waals surface area contributed by atoms with Crippen LogP contribution < -0.4 is 0 Å². The Kier molecular flexibility index (Phi) is 10.1. The van der Waals surface area contributed by atoms with Gasteiger partial charge < -0.3 is 9.40 Å². The number of Topliss-reactive ketones (excluding diaryl/α,β-unsaturated/α-hetero) is 1. The molecule has 180 valence electrons. The number of para-hydroxylation sites is 2. The molecule has 1 heterocycles. The van der Waals surface area contributed by atoms with Gasteiger partial charge in [0.1, 0.15) is 5.71 Å². The number of benzene rings is 2. The van der Waals surface area contributed by atoms with Crippen molar-refractivity contribution in [1.82, 2.24) is 4.57 Å². The van der Waals surface area contributed by atoms with Crippen molar-refractivity contribution in [1.29, 1.82) is 0 Å². The predicted octanol–water partition coefficient (Wildman–Crippen LogP) is 7.65. The number of unbranched alkanes of at least 4 members (excludes halogenated alkanes) is 8. The first-order chi connectivity index (χ1) is 16.6. The molecule has 0 N–H and O–H groups in total. The van der Waals surface area contributed by atoms with Crippen LogP contribution >= 0.6 is 0 Å². The monoisotopic (exact) mass is 460 g/mol. The number of fused-ring (bicyclic) bond motifs is 1. The van der Waals surface area contributed by atoms with E-state index in [0.717, 1.165) is 35.9 Å². The van der Waals surface area contributed by atoms with Crippen molar-refractivity contribution in [3.05, 3.63) is 66.4 Å². The van der Waals surface area contributed by atoms with Crippen LogP contribution in [0.5, 0.6) is 0 Å². The molecular weight excluding hydrogens is 424 g/mol. The summed E-state index contributed by atoms with van der Waals surface area (Å²) in [7, 11) is 0. The van der Waals surface area contributed by atoms with Gasteiger partial charge in [0.15, 0.2) is 0 Å². The molecule has 5 nitrogen and oxygen atoms in total. The van der Waals surface area contributed by atoms with Crippen molar-refractivity contribution in [2.24, 2.45) is 5.16 Å². The normalized spacial score (nSPS) is 11.6. The van der Waals surface area contributed by atoms with E-state index in [2.05, 4.69) is 12.1 Å². The summed E-state index contributed by atoms with van der Waals surface area (Å²) in [6, 6.07) is 17.8. The molecular formula is C29H36N2O3. The molecule has 0 atom stereocenters. The van der Waals surface area contributed by atoms with Crippen molar-refractivity contribution in [2.75, 3.05) is 0 Å². The molecule has 0 fully saturated rings. The van der Waals surface area contributed by atoms with Gasteiger partial charge in [0.25, 0.3) is 0 Å². The maximum Gasteiger partial charge on any atom is 0.331 e. The zero-order chi connectivity index (χ0) is 24.2. The predicted molar refractivity (Wildman–Crippen MR) is 139 cm³/mol. The van der Waals surface area contributed by atoms with Gasteiger partial charge in [-0.1, -0.05) is 99.8 Å². The second kappa shape index (κ2) is 13.5. The van der Waals surface area contributed by atoms with Gasteiger partial charge in [-0.2, -0.15) is 0 Å². The van der Waals surface area contributed by atoms with Crippen molar-refractivity contribution in [2.45, 2.75) is 78.1 Å². The van der Waals surface area contributed by atoms with Gasteiger partial charge in [0.05, 0.1) is 5.52 Å². The highest BCUT2D eigenvalue weighted by Crippen LogP contribution is 2.26. The summed E-state index contributed by atoms with van der Waals surface area (Å²) in [5, 5.41) is 4.82. The number of hydrogen-bond acceptors (Lipinski definition) is 4. The third-order valence-corrected chi connectivity index (χ3v) is 6.05. The quantitative estimate of drug-likeness (QED) is 0.0816. The maximum atomic E-state index is 13.5. The van der Waals surface area contributed by atoms with Crippen LogP contribution in [-0.2, 0) is 9.63 Å². The van der Waals surface area contributed by atoms with Crippen molar-refractivity contribution in [3.63, 3.8) is 0 Å². The number of aromatic nitrogens is 1. The lowest BCUT2D eigenvalue weighted by Gasteiger charge is -2.06. The van der Waals surface area contributed by atoms with Gasteiger partial charge >= 0.3 is 5.97 Å². The van der Waals surface area contributed by atoms with Gasteiger partial charge in [0.2, 0.25) is 5.78 Å². The highest BCUT2D eigenvalue weighted by Gasteiger charge is 2.21. The number of ketones is 1. The van der Waals surface area contributed by atoms with E-state index < -0.39 is 5.97 Å². The van der Waals surface area contributed by atoms with Crippen molar-refractivity contribution in [3.8, 4) is 5.69 Å². The van der Waals surface area contributed by atoms with E-state index >= 15 is 0 Å². The Morgan fingerprint density at radius 3 is 2.12 bits per heavy atom. The average molecular weight is 461 g/mol. The van der Waals surface area contributed by atoms with Crippen LogP contribution in [0.3, 0.4) is 0 Å². The molecule has 2 aromatic carbocycles. The Labute approximate surface area is 202 Å². The van der Waals surface area contributed by atoms with Crippen molar-refractivity contribution >= 4 is 28.4 Å². The molecule has 0 aliphatic rings. The molecule has 0 spiro atoms. The van der Waals surface area contributed by atoms with E-state index in [1.54, 1.807) is 0 Å². The minimum absolute atomic E-state index is 0.188. The van der Waals surface area contributed by atoms with Crippen LogP contribution in [-0.4, -0.2) is 22.0 Å². The Bertz CT molecular complexity index is 1100. The van der Waals surface area contributed by atoms with Crippen LogP contribution in [0.4, 0.5) is 0 Å². The Hall–Kier alpha value is -3.21. The molecule has 3 aromatic rings. The number of hydrogen-bond donors (Lipinski definition) is 0. The smallest absolute Gasteiger partial charge is 0.318 e. The van der Waals surface area contributed by atoms with E-state index in [1.807, 2.05) is 65.4 Å². The van der Waals surface area contributed by atoms with Crippen molar-refractivity contribution < 1.29 is 14.4 Å². The third kappa shape index (κ3) is 7.14. The van der Waals surface area contributed by atoms with E-state index in [4.69, 9.17) is 4.84 Å². The van der Waals surface area contributed by atoms with E-state index in [9.17, 15) is 9.59 Å². The highest BCUT2D eigenvalue weighted by molar-refractivity contribution is 6.47. The zero-order valence-electron chi connectivity index (χ0n) is 20.5. The number of nitrogens with zero attached hydrogens (tertiary/aromatic N) is 2. The van der Waals surface area contributed by atoms with Crippen LogP contribution in [0.1, 0.15) is 88.4 Å². The molecule has 0 amide bonds. The van der Waals surface area contributed by atoms with Gasteiger partial charge in [-0.25, -0.2) is 4.79 Å². The summed E-state index contributed by atoms with van der Waals surface area (Å²) in [5.74, 6) is -0.712. The molecule has 0 saturated carbocycles. The molecule has 0 bridgehead atoms. The standard InChI is InChI=1S/C29H36N2O3/c1-3-4-5-6-7-8-9-10-14-20-27(30-34-23(2)32)29(33)26-22-31(24-17-12-11-13-18-24)28-21-16-15-19-25(26)28/h11-13,15-19,21-22H,3-10,14,20H2,1-2H3/b30-27+. The summed E-state index contributed by atoms with van der Waals surface area (Å²) >= 11 is 0. The first kappa shape index (κ1) is 25.4. The number of oxime groups is 1. The molecule has 34 heavy (non-hydrogen) atoms. The van der Waals surface area contributed by atoms with Crippen LogP contribution in [0.25, 0.3) is 16.6 Å². The summed E-state index contributed by atoms with van der Waals surface area (Å²) in [6.07, 6.45) is 13.1. The van der Waals surface area contributed by atoms with Crippen LogP contribution in [0.15, 0.2) is 65.9 Å². The minimum atomic E-state index is -0.524. The van der Waals surface area contributed by atoms with Gasteiger partial charge in [-0.15, -0.1) is 0 Å². The van der Waals surface area contributed by atoms with E-state index in [0.29, 0.717) is 17.7 Å². The fraction of sp³-hybridized carbons (Fsp3) is 0.414. The molecule has 0 aliphatic heterocycles. The molecule has 0 unspecified atom stereocenters. The number of carbonyl (C=O) groups excluding carboxylic acids is 2. The fourth-order valence-corrected chi connectivity index (χ4v) is 4.24. The Morgan fingerprint density at radius 2 is 1.44 bits per heavy atom. The zero-order valence-corrected chi connectivity index (χ0v) is 20.5. The maximum absolute atomic E-state index is 13.5. The van der Waals surface area contributed by atoms with Gasteiger partial charge in [-0.3, -0.25) is 4.79 Å². The average Bonchev–Trinajstić information content (AvgIpc) is 3.24. The lowest BCUT2D eigenvalue weighted by atomic mass is 10.0. The Morgan fingerprint density at radius 1 is 0.824 bits per heavy atom. The molecule has 0 saturated heterocycles. The van der Waals surface area contributed by atoms with Crippen LogP contribution in [0.2, 0.25) is 0 Å². The molecule has 0 radical (unpaired) electrons. The third-order valence-electron chi connectivity index (χ3n) is 6.05. The van der Waals surface area contributed by atoms with Gasteiger partial charge in [-0.05, 0) is 31.0 Å². The molecule has 0 aliphatic carbocycles. The highest BCUT2D eigenvalue weighted by atomic mass is 16.7. The van der Waals surface area contributed by atoms with Gasteiger partial charge in [0, 0.05) is 29.8 Å². The lowest BCUT2D eigenvalue weighted by molar-refractivity contribution is -0.140. The van der Waals surface area contributed by atoms with E-state index in [-0.39, 0.29) is 5.78 Å². The SMILES string of the molecule is CCCCCCCCCCC/C(=N\OC(C)=O)C(=O)c1cn(-c2ccccc2)c2ccccc12. The second-order valence-corrected chi connectivity index (χ2v) is 8.79. The fourth-order valence-electron chi connectivity index (χ4n) is 4.24. The first-order valence-electron chi connectivity index (χ1n) is 12.6. The first-order valence-corrected chi connectivity index (χ1v) is 12.6. The summed E-state index contributed by atoms with van der Waals surface area (Å²) in [4.78, 5) is 29.8.